The third kappa shape index (κ3) is 7.07. The van der Waals surface area contributed by atoms with Gasteiger partial charge in [-0.1, -0.05) is 32.9 Å². The van der Waals surface area contributed by atoms with Gasteiger partial charge in [0.05, 0.1) is 4.90 Å². The van der Waals surface area contributed by atoms with Gasteiger partial charge < -0.3 is 5.32 Å². The zero-order valence-corrected chi connectivity index (χ0v) is 17.8. The first-order chi connectivity index (χ1) is 14.2. The van der Waals surface area contributed by atoms with Crippen LogP contribution in [0.4, 0.5) is 13.2 Å². The van der Waals surface area contributed by atoms with Crippen LogP contribution in [0.5, 0.6) is 0 Å². The minimum absolute atomic E-state index is 0.105. The largest absolute Gasteiger partial charge is 0.405 e. The molecule has 31 heavy (non-hydrogen) atoms. The van der Waals surface area contributed by atoms with E-state index in [0.29, 0.717) is 0 Å². The Kier molecular flexibility index (Phi) is 7.12. The predicted molar refractivity (Wildman–Crippen MR) is 108 cm³/mol. The van der Waals surface area contributed by atoms with Gasteiger partial charge >= 0.3 is 6.18 Å². The molecule has 0 heterocycles. The molecule has 2 rings (SSSR count). The fourth-order valence-electron chi connectivity index (χ4n) is 2.43. The molecule has 0 aromatic heterocycles. The molecular weight excluding hydrogens is 435 g/mol. The van der Waals surface area contributed by atoms with Crippen molar-refractivity contribution in [2.45, 2.75) is 37.3 Å². The van der Waals surface area contributed by atoms with Crippen molar-refractivity contribution in [2.24, 2.45) is 0 Å². The molecular formula is C20H22F3N3O4S. The van der Waals surface area contributed by atoms with E-state index >= 15 is 0 Å². The summed E-state index contributed by atoms with van der Waals surface area (Å²) < 4.78 is 61.1. The average molecular weight is 457 g/mol. The second-order valence-electron chi connectivity index (χ2n) is 7.71. The summed E-state index contributed by atoms with van der Waals surface area (Å²) in [6.45, 7) is 4.54. The van der Waals surface area contributed by atoms with Crippen molar-refractivity contribution in [1.29, 1.82) is 0 Å². The predicted octanol–water partition coefficient (Wildman–Crippen LogP) is 2.90. The van der Waals surface area contributed by atoms with E-state index in [-0.39, 0.29) is 21.4 Å². The van der Waals surface area contributed by atoms with Gasteiger partial charge in [0.1, 0.15) is 6.54 Å². The third-order valence-corrected chi connectivity index (χ3v) is 5.45. The first-order valence-corrected chi connectivity index (χ1v) is 10.5. The van der Waals surface area contributed by atoms with E-state index in [4.69, 9.17) is 0 Å². The van der Waals surface area contributed by atoms with Crippen molar-refractivity contribution in [3.8, 4) is 0 Å². The number of hydrogen-bond acceptors (Lipinski definition) is 4. The van der Waals surface area contributed by atoms with E-state index < -0.39 is 34.6 Å². The van der Waals surface area contributed by atoms with Crippen molar-refractivity contribution in [2.75, 3.05) is 6.54 Å². The van der Waals surface area contributed by atoms with E-state index in [1.807, 2.05) is 25.6 Å². The average Bonchev–Trinajstić information content (AvgIpc) is 2.69. The number of alkyl halides is 3. The Morgan fingerprint density at radius 2 is 1.32 bits per heavy atom. The fraction of sp³-hybridized carbons (Fsp3) is 0.300. The molecule has 11 heteroatoms. The highest BCUT2D eigenvalue weighted by Crippen LogP contribution is 2.22. The quantitative estimate of drug-likeness (QED) is 0.580. The zero-order valence-electron chi connectivity index (χ0n) is 17.0. The van der Waals surface area contributed by atoms with Crippen LogP contribution in [0.1, 0.15) is 47.1 Å². The Morgan fingerprint density at radius 3 is 1.81 bits per heavy atom. The number of benzene rings is 2. The van der Waals surface area contributed by atoms with Crippen LogP contribution in [0.3, 0.4) is 0 Å². The SMILES string of the molecule is CC(C)(C)c1ccc(C(=O)NNS(=O)(=O)c2ccc(C(=O)NCC(F)(F)F)cc2)cc1. The van der Waals surface area contributed by atoms with E-state index in [1.165, 1.54) is 0 Å². The van der Waals surface area contributed by atoms with Gasteiger partial charge in [-0.3, -0.25) is 15.0 Å². The van der Waals surface area contributed by atoms with Crippen LogP contribution in [0, 0.1) is 0 Å². The maximum atomic E-state index is 12.3. The van der Waals surface area contributed by atoms with Crippen molar-refractivity contribution >= 4 is 21.8 Å². The highest BCUT2D eigenvalue weighted by atomic mass is 32.2. The first-order valence-electron chi connectivity index (χ1n) is 9.07. The molecule has 0 aliphatic heterocycles. The molecule has 0 saturated heterocycles. The van der Waals surface area contributed by atoms with Crippen LogP contribution in [-0.4, -0.2) is 33.0 Å². The Morgan fingerprint density at radius 1 is 0.839 bits per heavy atom. The standard InChI is InChI=1S/C20H22F3N3O4S/c1-19(2,3)15-8-4-14(5-9-15)18(28)25-26-31(29,30)16-10-6-13(7-11-16)17(27)24-12-20(21,22)23/h4-11,26H,12H2,1-3H3,(H,24,27)(H,25,28). The van der Waals surface area contributed by atoms with E-state index in [9.17, 15) is 31.2 Å². The van der Waals surface area contributed by atoms with Crippen molar-refractivity contribution in [3.63, 3.8) is 0 Å². The molecule has 0 aliphatic rings. The maximum Gasteiger partial charge on any atom is 0.405 e. The summed E-state index contributed by atoms with van der Waals surface area (Å²) in [5.74, 6) is -1.67. The highest BCUT2D eigenvalue weighted by Gasteiger charge is 2.28. The summed E-state index contributed by atoms with van der Waals surface area (Å²) in [7, 11) is -4.17. The summed E-state index contributed by atoms with van der Waals surface area (Å²) in [4.78, 5) is 25.5. The number of amides is 2. The number of carbonyl (C=O) groups is 2. The lowest BCUT2D eigenvalue weighted by atomic mass is 9.87. The Hall–Kier alpha value is -2.92. The normalized spacial score (nSPS) is 12.3. The van der Waals surface area contributed by atoms with E-state index in [2.05, 4.69) is 5.43 Å². The summed E-state index contributed by atoms with van der Waals surface area (Å²) in [5.41, 5.74) is 3.08. The summed E-state index contributed by atoms with van der Waals surface area (Å²) >= 11 is 0. The summed E-state index contributed by atoms with van der Waals surface area (Å²) in [5, 5.41) is 1.68. The molecule has 7 nitrogen and oxygen atoms in total. The van der Waals surface area contributed by atoms with Crippen LogP contribution < -0.4 is 15.6 Å². The first kappa shape index (κ1) is 24.4. The van der Waals surface area contributed by atoms with Gasteiger partial charge in [0.15, 0.2) is 0 Å². The Labute approximate surface area is 178 Å². The third-order valence-electron chi connectivity index (χ3n) is 4.19. The molecule has 0 bridgehead atoms. The van der Waals surface area contributed by atoms with Gasteiger partial charge in [-0.2, -0.15) is 13.2 Å². The van der Waals surface area contributed by atoms with Gasteiger partial charge in [0.25, 0.3) is 21.8 Å². The fourth-order valence-corrected chi connectivity index (χ4v) is 3.27. The van der Waals surface area contributed by atoms with Gasteiger partial charge in [0, 0.05) is 11.1 Å². The molecule has 0 aliphatic carbocycles. The second kappa shape index (κ2) is 9.06. The lowest BCUT2D eigenvalue weighted by Crippen LogP contribution is -2.41. The molecule has 0 saturated carbocycles. The maximum absolute atomic E-state index is 12.3. The second-order valence-corrected chi connectivity index (χ2v) is 9.39. The molecule has 0 spiro atoms. The molecule has 0 fully saturated rings. The zero-order chi connectivity index (χ0) is 23.4. The molecule has 0 radical (unpaired) electrons. The number of rotatable bonds is 6. The lowest BCUT2D eigenvalue weighted by molar-refractivity contribution is -0.123. The van der Waals surface area contributed by atoms with E-state index in [0.717, 1.165) is 29.8 Å². The Balaban J connectivity index is 2.00. The van der Waals surface area contributed by atoms with Crippen LogP contribution >= 0.6 is 0 Å². The minimum atomic E-state index is -4.56. The molecule has 3 N–H and O–H groups in total. The molecule has 2 aromatic rings. The monoisotopic (exact) mass is 457 g/mol. The van der Waals surface area contributed by atoms with Crippen LogP contribution in [0.2, 0.25) is 0 Å². The topological polar surface area (TPSA) is 104 Å². The van der Waals surface area contributed by atoms with E-state index in [1.54, 1.807) is 29.6 Å². The Bertz CT molecular complexity index is 1040. The number of nitrogens with one attached hydrogen (secondary N) is 3. The summed E-state index contributed by atoms with van der Waals surface area (Å²) in [6, 6.07) is 10.9. The van der Waals surface area contributed by atoms with Crippen molar-refractivity contribution in [3.05, 3.63) is 65.2 Å². The lowest BCUT2D eigenvalue weighted by Gasteiger charge is -2.19. The van der Waals surface area contributed by atoms with Gasteiger partial charge in [0.2, 0.25) is 0 Å². The molecule has 0 atom stereocenters. The highest BCUT2D eigenvalue weighted by molar-refractivity contribution is 7.89. The number of halogens is 3. The number of hydrazine groups is 1. The molecule has 168 valence electrons. The molecule has 0 unspecified atom stereocenters. The molecule has 2 amide bonds. The van der Waals surface area contributed by atoms with Crippen molar-refractivity contribution in [1.82, 2.24) is 15.6 Å². The van der Waals surface area contributed by atoms with Crippen LogP contribution in [-0.2, 0) is 15.4 Å². The van der Waals surface area contributed by atoms with Gasteiger partial charge in [-0.05, 0) is 47.4 Å². The van der Waals surface area contributed by atoms with Gasteiger partial charge in [-0.15, -0.1) is 4.83 Å². The van der Waals surface area contributed by atoms with Crippen LogP contribution in [0.25, 0.3) is 0 Å². The van der Waals surface area contributed by atoms with Gasteiger partial charge in [-0.25, -0.2) is 8.42 Å². The molecule has 2 aromatic carbocycles. The smallest absolute Gasteiger partial charge is 0.343 e. The number of carbonyl (C=O) groups excluding carboxylic acids is 2. The van der Waals surface area contributed by atoms with Crippen molar-refractivity contribution < 1.29 is 31.2 Å². The minimum Gasteiger partial charge on any atom is -0.343 e. The number of sulfonamides is 1. The summed E-state index contributed by atoms with van der Waals surface area (Å²) in [6.07, 6.45) is -4.56. The van der Waals surface area contributed by atoms with Crippen LogP contribution in [0.15, 0.2) is 53.4 Å². The number of hydrogen-bond donors (Lipinski definition) is 3.